The van der Waals surface area contributed by atoms with E-state index in [2.05, 4.69) is 4.98 Å². The van der Waals surface area contributed by atoms with Crippen LogP contribution in [0.1, 0.15) is 28.5 Å². The summed E-state index contributed by atoms with van der Waals surface area (Å²) in [5.74, 6) is 0. The molecule has 3 rings (SSSR count). The third-order valence-electron chi connectivity index (χ3n) is 2.92. The Bertz CT molecular complexity index is 607. The molecule has 0 bridgehead atoms. The number of nitrogens with zero attached hydrogens (tertiary/aromatic N) is 1. The van der Waals surface area contributed by atoms with E-state index in [1.165, 1.54) is 0 Å². The van der Waals surface area contributed by atoms with Crippen LogP contribution in [0.3, 0.4) is 0 Å². The summed E-state index contributed by atoms with van der Waals surface area (Å²) in [5, 5.41) is 11.0. The lowest BCUT2D eigenvalue weighted by Crippen LogP contribution is -2.04. The standard InChI is InChI=1S/C14H10ClNO/c15-11-5-6-12-10(8-11)4-3-9-2-1-7-16-13(9)14(12)17/h1-8,14,17H. The van der Waals surface area contributed by atoms with Crippen LogP contribution in [0.15, 0.2) is 36.5 Å². The molecule has 84 valence electrons. The van der Waals surface area contributed by atoms with Crippen molar-refractivity contribution in [1.82, 2.24) is 4.98 Å². The van der Waals surface area contributed by atoms with E-state index < -0.39 is 6.10 Å². The minimum Gasteiger partial charge on any atom is -0.382 e. The second kappa shape index (κ2) is 3.99. The summed E-state index contributed by atoms with van der Waals surface area (Å²) in [6, 6.07) is 9.28. The maximum absolute atomic E-state index is 10.3. The van der Waals surface area contributed by atoms with Crippen LogP contribution >= 0.6 is 11.6 Å². The van der Waals surface area contributed by atoms with Crippen molar-refractivity contribution < 1.29 is 5.11 Å². The third kappa shape index (κ3) is 1.75. The largest absolute Gasteiger partial charge is 0.382 e. The summed E-state index contributed by atoms with van der Waals surface area (Å²) in [5.41, 5.74) is 3.39. The lowest BCUT2D eigenvalue weighted by atomic mass is 10.0. The van der Waals surface area contributed by atoms with Crippen molar-refractivity contribution in [3.8, 4) is 0 Å². The van der Waals surface area contributed by atoms with Gasteiger partial charge in [0.15, 0.2) is 0 Å². The van der Waals surface area contributed by atoms with E-state index in [0.717, 1.165) is 16.7 Å². The molecule has 0 aliphatic heterocycles. The van der Waals surface area contributed by atoms with Crippen LogP contribution in [0.4, 0.5) is 0 Å². The smallest absolute Gasteiger partial charge is 0.122 e. The van der Waals surface area contributed by atoms with Crippen LogP contribution in [-0.2, 0) is 0 Å². The molecule has 2 nitrogen and oxygen atoms in total. The van der Waals surface area contributed by atoms with Crippen LogP contribution in [0.25, 0.3) is 12.2 Å². The highest BCUT2D eigenvalue weighted by Crippen LogP contribution is 2.32. The third-order valence-corrected chi connectivity index (χ3v) is 3.15. The summed E-state index contributed by atoms with van der Waals surface area (Å²) in [7, 11) is 0. The second-order valence-corrected chi connectivity index (χ2v) is 4.42. The number of benzene rings is 1. The predicted octanol–water partition coefficient (Wildman–Crippen LogP) is 3.30. The van der Waals surface area contributed by atoms with Gasteiger partial charge < -0.3 is 5.11 Å². The number of rotatable bonds is 0. The number of fused-ring (bicyclic) bond motifs is 2. The normalized spacial score (nSPS) is 17.2. The van der Waals surface area contributed by atoms with Crippen molar-refractivity contribution in [2.45, 2.75) is 6.10 Å². The first-order chi connectivity index (χ1) is 8.25. The molecule has 0 saturated heterocycles. The number of hydrogen-bond acceptors (Lipinski definition) is 2. The Labute approximate surface area is 104 Å². The van der Waals surface area contributed by atoms with Crippen molar-refractivity contribution in [2.75, 3.05) is 0 Å². The van der Waals surface area contributed by atoms with Gasteiger partial charge in [0, 0.05) is 11.2 Å². The minimum atomic E-state index is -0.700. The van der Waals surface area contributed by atoms with Gasteiger partial charge in [0.25, 0.3) is 0 Å². The summed E-state index contributed by atoms with van der Waals surface area (Å²) in [6.07, 6.45) is 4.90. The Morgan fingerprint density at radius 2 is 1.94 bits per heavy atom. The molecule has 0 radical (unpaired) electrons. The Kier molecular flexibility index (Phi) is 2.46. The van der Waals surface area contributed by atoms with Crippen LogP contribution in [-0.4, -0.2) is 10.1 Å². The van der Waals surface area contributed by atoms with Crippen molar-refractivity contribution in [3.63, 3.8) is 0 Å². The minimum absolute atomic E-state index is 0.666. The maximum atomic E-state index is 10.3. The maximum Gasteiger partial charge on any atom is 0.122 e. The molecule has 1 aliphatic carbocycles. The molecule has 1 aromatic heterocycles. The average Bonchev–Trinajstić information content (AvgIpc) is 2.48. The van der Waals surface area contributed by atoms with Crippen LogP contribution < -0.4 is 0 Å². The average molecular weight is 244 g/mol. The van der Waals surface area contributed by atoms with Crippen LogP contribution in [0, 0.1) is 0 Å². The zero-order valence-corrected chi connectivity index (χ0v) is 9.72. The number of aliphatic hydroxyl groups excluding tert-OH is 1. The van der Waals surface area contributed by atoms with Gasteiger partial charge in [0.1, 0.15) is 6.10 Å². The summed E-state index contributed by atoms with van der Waals surface area (Å²) in [6.45, 7) is 0. The Morgan fingerprint density at radius 3 is 2.82 bits per heavy atom. The Morgan fingerprint density at radius 1 is 1.12 bits per heavy atom. The fraction of sp³-hybridized carbons (Fsp3) is 0.0714. The molecule has 17 heavy (non-hydrogen) atoms. The van der Waals surface area contributed by atoms with E-state index in [4.69, 9.17) is 11.6 Å². The van der Waals surface area contributed by atoms with Crippen molar-refractivity contribution >= 4 is 23.8 Å². The number of aliphatic hydroxyl groups is 1. The lowest BCUT2D eigenvalue weighted by Gasteiger charge is -2.13. The monoisotopic (exact) mass is 243 g/mol. The predicted molar refractivity (Wildman–Crippen MR) is 68.7 cm³/mol. The molecule has 1 atom stereocenters. The molecule has 1 unspecified atom stereocenters. The first-order valence-corrected chi connectivity index (χ1v) is 5.74. The first kappa shape index (κ1) is 10.5. The highest BCUT2D eigenvalue weighted by molar-refractivity contribution is 6.30. The molecule has 1 N–H and O–H groups in total. The number of pyridine rings is 1. The van der Waals surface area contributed by atoms with Gasteiger partial charge in [0.2, 0.25) is 0 Å². The van der Waals surface area contributed by atoms with E-state index in [9.17, 15) is 5.11 Å². The SMILES string of the molecule is OC1c2ccc(Cl)cc2C=Cc2cccnc21. The summed E-state index contributed by atoms with van der Waals surface area (Å²) < 4.78 is 0. The Hall–Kier alpha value is -1.64. The number of hydrogen-bond donors (Lipinski definition) is 1. The quantitative estimate of drug-likeness (QED) is 0.770. The topological polar surface area (TPSA) is 33.1 Å². The molecular formula is C14H10ClNO. The molecule has 2 aromatic rings. The van der Waals surface area contributed by atoms with Crippen LogP contribution in [0.5, 0.6) is 0 Å². The summed E-state index contributed by atoms with van der Waals surface area (Å²) in [4.78, 5) is 4.25. The first-order valence-electron chi connectivity index (χ1n) is 5.36. The lowest BCUT2D eigenvalue weighted by molar-refractivity contribution is 0.215. The molecule has 1 heterocycles. The highest BCUT2D eigenvalue weighted by atomic mass is 35.5. The zero-order chi connectivity index (χ0) is 11.8. The van der Waals surface area contributed by atoms with Gasteiger partial charge in [-0.1, -0.05) is 35.9 Å². The summed E-state index contributed by atoms with van der Waals surface area (Å²) >= 11 is 5.96. The van der Waals surface area contributed by atoms with Gasteiger partial charge in [0.05, 0.1) is 5.69 Å². The number of halogens is 1. The van der Waals surface area contributed by atoms with Gasteiger partial charge >= 0.3 is 0 Å². The van der Waals surface area contributed by atoms with E-state index in [1.807, 2.05) is 36.4 Å². The Balaban J connectivity index is 2.24. The van der Waals surface area contributed by atoms with Gasteiger partial charge in [-0.15, -0.1) is 0 Å². The van der Waals surface area contributed by atoms with E-state index in [-0.39, 0.29) is 0 Å². The van der Waals surface area contributed by atoms with Gasteiger partial charge in [-0.25, -0.2) is 0 Å². The molecule has 0 amide bonds. The highest BCUT2D eigenvalue weighted by Gasteiger charge is 2.19. The van der Waals surface area contributed by atoms with E-state index in [1.54, 1.807) is 12.3 Å². The fourth-order valence-corrected chi connectivity index (χ4v) is 2.25. The molecule has 0 fully saturated rings. The molecule has 0 saturated carbocycles. The number of aromatic nitrogens is 1. The van der Waals surface area contributed by atoms with Crippen molar-refractivity contribution in [1.29, 1.82) is 0 Å². The van der Waals surface area contributed by atoms with E-state index >= 15 is 0 Å². The van der Waals surface area contributed by atoms with Gasteiger partial charge in [-0.3, -0.25) is 4.98 Å². The van der Waals surface area contributed by atoms with Crippen molar-refractivity contribution in [2.24, 2.45) is 0 Å². The molecule has 3 heteroatoms. The van der Waals surface area contributed by atoms with Crippen LogP contribution in [0.2, 0.25) is 5.02 Å². The fourth-order valence-electron chi connectivity index (χ4n) is 2.07. The second-order valence-electron chi connectivity index (χ2n) is 3.99. The van der Waals surface area contributed by atoms with Gasteiger partial charge in [-0.05, 0) is 34.9 Å². The van der Waals surface area contributed by atoms with E-state index in [0.29, 0.717) is 10.7 Å². The van der Waals surface area contributed by atoms with Crippen molar-refractivity contribution in [3.05, 3.63) is 63.9 Å². The molecule has 1 aromatic carbocycles. The molecule has 0 spiro atoms. The zero-order valence-electron chi connectivity index (χ0n) is 8.97. The molecular weight excluding hydrogens is 234 g/mol. The van der Waals surface area contributed by atoms with Gasteiger partial charge in [-0.2, -0.15) is 0 Å². The molecule has 1 aliphatic rings.